The van der Waals surface area contributed by atoms with Gasteiger partial charge in [-0.1, -0.05) is 0 Å². The third-order valence-corrected chi connectivity index (χ3v) is 6.05. The number of likely N-dealkylation sites (N-methyl/N-ethyl adjacent to an activating group) is 1. The number of imide groups is 1. The van der Waals surface area contributed by atoms with E-state index >= 15 is 0 Å². The first-order chi connectivity index (χ1) is 15.1. The Labute approximate surface area is 182 Å². The highest BCUT2D eigenvalue weighted by atomic mass is 19.4. The van der Waals surface area contributed by atoms with E-state index < -0.39 is 30.8 Å². The summed E-state index contributed by atoms with van der Waals surface area (Å²) < 4.78 is 46.0. The fourth-order valence-corrected chi connectivity index (χ4v) is 4.47. The van der Waals surface area contributed by atoms with Gasteiger partial charge in [-0.3, -0.25) is 24.0 Å². The summed E-state index contributed by atoms with van der Waals surface area (Å²) >= 11 is 0. The highest BCUT2D eigenvalue weighted by molar-refractivity contribution is 5.95. The van der Waals surface area contributed by atoms with Crippen LogP contribution in [0.5, 0.6) is 5.88 Å². The first-order valence-corrected chi connectivity index (χ1v) is 10.1. The second kappa shape index (κ2) is 9.41. The molecule has 2 saturated carbocycles. The van der Waals surface area contributed by atoms with Crippen molar-refractivity contribution in [2.24, 2.45) is 11.1 Å². The Morgan fingerprint density at radius 1 is 1.38 bits per heavy atom. The van der Waals surface area contributed by atoms with Crippen molar-refractivity contribution in [2.45, 2.75) is 56.7 Å². The zero-order valence-corrected chi connectivity index (χ0v) is 17.4. The van der Waals surface area contributed by atoms with Crippen molar-refractivity contribution in [1.29, 1.82) is 0 Å². The van der Waals surface area contributed by atoms with Crippen molar-refractivity contribution < 1.29 is 37.0 Å². The Morgan fingerprint density at radius 3 is 2.62 bits per heavy atom. The molecular weight excluding hydrogens is 433 g/mol. The first kappa shape index (κ1) is 23.9. The van der Waals surface area contributed by atoms with Gasteiger partial charge in [0.25, 0.3) is 5.91 Å². The number of carbonyl (C=O) groups is 3. The van der Waals surface area contributed by atoms with Crippen LogP contribution in [-0.4, -0.2) is 66.3 Å². The molecule has 0 aromatic carbocycles. The number of ether oxygens (including phenoxy) is 2. The number of hydrogen-bond donors (Lipinski definition) is 2. The molecule has 9 nitrogen and oxygen atoms in total. The number of rotatable bonds is 10. The van der Waals surface area contributed by atoms with Crippen LogP contribution in [0.2, 0.25) is 0 Å². The van der Waals surface area contributed by atoms with Gasteiger partial charge in [0.1, 0.15) is 11.7 Å². The molecule has 2 aliphatic carbocycles. The number of carbonyl (C=O) groups excluding carboxylic acids is 3. The van der Waals surface area contributed by atoms with E-state index in [1.54, 1.807) is 6.07 Å². The predicted molar refractivity (Wildman–Crippen MR) is 104 cm³/mol. The first-order valence-electron chi connectivity index (χ1n) is 10.1. The zero-order chi connectivity index (χ0) is 23.5. The maximum atomic E-state index is 12.6. The molecule has 1 aromatic rings. The standard InChI is InChI=1S/C20H25F3N4O5/c1-25-15(4-6-31-20(21,22)23)18(30)27(11-28)12-7-19(8-12)9-13(10-19)32-17-14(16(24)29)3-2-5-26-17/h2-3,5,11-13,15,25H,4,6-10H2,1H3,(H2,24,29)/t12-,13-,15?,19?. The van der Waals surface area contributed by atoms with Crippen LogP contribution in [0, 0.1) is 5.41 Å². The van der Waals surface area contributed by atoms with Gasteiger partial charge in [0, 0.05) is 12.2 Å². The topological polar surface area (TPSA) is 124 Å². The summed E-state index contributed by atoms with van der Waals surface area (Å²) in [6.07, 6.45) is -0.719. The normalized spacial score (nSPS) is 25.4. The number of nitrogens with one attached hydrogen (secondary N) is 1. The number of alkyl halides is 3. The van der Waals surface area contributed by atoms with Gasteiger partial charge in [-0.05, 0) is 56.7 Å². The van der Waals surface area contributed by atoms with E-state index in [4.69, 9.17) is 10.5 Å². The lowest BCUT2D eigenvalue weighted by molar-refractivity contribution is -0.325. The second-order valence-electron chi connectivity index (χ2n) is 8.21. The molecule has 176 valence electrons. The van der Waals surface area contributed by atoms with E-state index in [1.165, 1.54) is 19.3 Å². The van der Waals surface area contributed by atoms with Crippen LogP contribution in [0.25, 0.3) is 0 Å². The molecule has 0 saturated heterocycles. The largest absolute Gasteiger partial charge is 0.522 e. The molecule has 0 radical (unpaired) electrons. The number of primary amides is 1. The summed E-state index contributed by atoms with van der Waals surface area (Å²) in [6.45, 7) is -0.693. The Kier molecular flexibility index (Phi) is 7.03. The smallest absolute Gasteiger partial charge is 0.474 e. The van der Waals surface area contributed by atoms with Crippen molar-refractivity contribution in [3.63, 3.8) is 0 Å². The number of nitrogens with two attached hydrogens (primary N) is 1. The molecule has 1 spiro atoms. The lowest BCUT2D eigenvalue weighted by Crippen LogP contribution is -2.61. The van der Waals surface area contributed by atoms with Crippen molar-refractivity contribution in [2.75, 3.05) is 13.7 Å². The molecule has 1 atom stereocenters. The molecule has 1 unspecified atom stereocenters. The molecule has 2 aliphatic rings. The van der Waals surface area contributed by atoms with E-state index in [1.807, 2.05) is 0 Å². The Morgan fingerprint density at radius 2 is 2.06 bits per heavy atom. The number of aromatic nitrogens is 1. The molecule has 3 rings (SSSR count). The minimum atomic E-state index is -4.78. The van der Waals surface area contributed by atoms with Gasteiger partial charge in [0.15, 0.2) is 0 Å². The van der Waals surface area contributed by atoms with Crippen LogP contribution >= 0.6 is 0 Å². The molecule has 32 heavy (non-hydrogen) atoms. The average molecular weight is 458 g/mol. The van der Waals surface area contributed by atoms with Gasteiger partial charge in [-0.2, -0.15) is 0 Å². The minimum absolute atomic E-state index is 0.0763. The van der Waals surface area contributed by atoms with Crippen molar-refractivity contribution >= 4 is 18.2 Å². The van der Waals surface area contributed by atoms with Crippen molar-refractivity contribution in [1.82, 2.24) is 15.2 Å². The van der Waals surface area contributed by atoms with Crippen LogP contribution in [0.15, 0.2) is 18.3 Å². The van der Waals surface area contributed by atoms with E-state index in [0.717, 1.165) is 4.90 Å². The average Bonchev–Trinajstić information content (AvgIpc) is 2.67. The van der Waals surface area contributed by atoms with Crippen LogP contribution in [0.1, 0.15) is 42.5 Å². The molecule has 0 aliphatic heterocycles. The highest BCUT2D eigenvalue weighted by Gasteiger charge is 2.56. The van der Waals surface area contributed by atoms with Gasteiger partial charge in [-0.15, -0.1) is 13.2 Å². The molecule has 0 bridgehead atoms. The molecule has 12 heteroatoms. The molecule has 3 amide bonds. The third kappa shape index (κ3) is 5.36. The molecule has 2 fully saturated rings. The Hall–Kier alpha value is -2.73. The van der Waals surface area contributed by atoms with E-state index in [9.17, 15) is 27.6 Å². The van der Waals surface area contributed by atoms with E-state index in [2.05, 4.69) is 15.0 Å². The summed E-state index contributed by atoms with van der Waals surface area (Å²) in [5.41, 5.74) is 5.45. The van der Waals surface area contributed by atoms with Crippen molar-refractivity contribution in [3.05, 3.63) is 23.9 Å². The van der Waals surface area contributed by atoms with Crippen LogP contribution in [-0.2, 0) is 14.3 Å². The number of nitrogens with zero attached hydrogens (tertiary/aromatic N) is 2. The molecular formula is C20H25F3N4O5. The lowest BCUT2D eigenvalue weighted by Gasteiger charge is -2.58. The number of hydrogen-bond acceptors (Lipinski definition) is 7. The maximum Gasteiger partial charge on any atom is 0.522 e. The fourth-order valence-electron chi connectivity index (χ4n) is 4.47. The highest BCUT2D eigenvalue weighted by Crippen LogP contribution is 2.58. The number of amides is 3. The lowest BCUT2D eigenvalue weighted by atomic mass is 9.52. The summed E-state index contributed by atoms with van der Waals surface area (Å²) in [5.74, 6) is -1.04. The molecule has 1 heterocycles. The van der Waals surface area contributed by atoms with Crippen LogP contribution in [0.3, 0.4) is 0 Å². The Bertz CT molecular complexity index is 852. The van der Waals surface area contributed by atoms with Crippen molar-refractivity contribution in [3.8, 4) is 5.88 Å². The van der Waals surface area contributed by atoms with Gasteiger partial charge in [0.2, 0.25) is 18.2 Å². The third-order valence-electron chi connectivity index (χ3n) is 6.05. The minimum Gasteiger partial charge on any atom is -0.474 e. The monoisotopic (exact) mass is 458 g/mol. The van der Waals surface area contributed by atoms with Gasteiger partial charge in [-0.25, -0.2) is 4.98 Å². The summed E-state index contributed by atoms with van der Waals surface area (Å²) in [5, 5.41) is 2.64. The summed E-state index contributed by atoms with van der Waals surface area (Å²) in [7, 11) is 1.44. The van der Waals surface area contributed by atoms with Gasteiger partial charge < -0.3 is 15.8 Å². The van der Waals surface area contributed by atoms with Gasteiger partial charge >= 0.3 is 6.36 Å². The van der Waals surface area contributed by atoms with E-state index in [-0.39, 0.29) is 35.4 Å². The zero-order valence-electron chi connectivity index (χ0n) is 17.4. The summed E-state index contributed by atoms with van der Waals surface area (Å²) in [6, 6.07) is 1.83. The predicted octanol–water partition coefficient (Wildman–Crippen LogP) is 1.37. The number of pyridine rings is 1. The van der Waals surface area contributed by atoms with Gasteiger partial charge in [0.05, 0.1) is 12.6 Å². The maximum absolute atomic E-state index is 12.6. The summed E-state index contributed by atoms with van der Waals surface area (Å²) in [4.78, 5) is 40.8. The quantitative estimate of drug-likeness (QED) is 0.508. The fraction of sp³-hybridized carbons (Fsp3) is 0.600. The van der Waals surface area contributed by atoms with Crippen LogP contribution in [0.4, 0.5) is 13.2 Å². The molecule has 1 aromatic heterocycles. The second-order valence-corrected chi connectivity index (χ2v) is 8.21. The Balaban J connectivity index is 1.49. The van der Waals surface area contributed by atoms with Crippen LogP contribution < -0.4 is 15.8 Å². The van der Waals surface area contributed by atoms with E-state index in [0.29, 0.717) is 32.1 Å². The molecule has 3 N–H and O–H groups in total. The SMILES string of the molecule is CNC(CCOC(F)(F)F)C(=O)N(C=O)[C@H]1CC2(C[C@H](Oc3ncccc3C(N)=O)C2)C1. The number of halogens is 3.